The summed E-state index contributed by atoms with van der Waals surface area (Å²) < 4.78 is 5.11. The number of fused-ring (bicyclic) bond motifs is 2. The molecule has 0 aliphatic heterocycles. The summed E-state index contributed by atoms with van der Waals surface area (Å²) in [6.45, 7) is -0.384. The van der Waals surface area contributed by atoms with Gasteiger partial charge in [0.25, 0.3) is 11.8 Å². The van der Waals surface area contributed by atoms with E-state index in [9.17, 15) is 14.4 Å². The molecule has 2 aliphatic carbocycles. The van der Waals surface area contributed by atoms with Crippen LogP contribution in [0.5, 0.6) is 0 Å². The van der Waals surface area contributed by atoms with Crippen molar-refractivity contribution in [2.45, 2.75) is 44.9 Å². The van der Waals surface area contributed by atoms with Crippen molar-refractivity contribution >= 4 is 34.1 Å². The summed E-state index contributed by atoms with van der Waals surface area (Å²) in [6, 6.07) is 6.06. The standard InChI is InChI=1S/C21H22N2O4S/c22-20(26)19-15-5-2-6-16(15)28-21(19)23-17(24)11-27-18(25)10-12-7-8-13-3-1-4-14(13)9-12/h7-9H,1-6,10-11H2,(H2,22,26)(H,23,24). The summed E-state index contributed by atoms with van der Waals surface area (Å²) in [5, 5.41) is 3.13. The van der Waals surface area contributed by atoms with Gasteiger partial charge in [-0.05, 0) is 60.8 Å². The van der Waals surface area contributed by atoms with Crippen LogP contribution in [-0.2, 0) is 46.4 Å². The van der Waals surface area contributed by atoms with Crippen LogP contribution in [0.4, 0.5) is 5.00 Å². The highest BCUT2D eigenvalue weighted by Crippen LogP contribution is 2.38. The van der Waals surface area contributed by atoms with Gasteiger partial charge in [-0.1, -0.05) is 18.2 Å². The number of carbonyl (C=O) groups excluding carboxylic acids is 3. The molecule has 4 rings (SSSR count). The first-order valence-corrected chi connectivity index (χ1v) is 10.3. The first-order chi connectivity index (χ1) is 13.5. The summed E-state index contributed by atoms with van der Waals surface area (Å²) in [6.07, 6.45) is 6.13. The minimum Gasteiger partial charge on any atom is -0.455 e. The van der Waals surface area contributed by atoms with Gasteiger partial charge in [-0.2, -0.15) is 0 Å². The third-order valence-electron chi connectivity index (χ3n) is 5.30. The van der Waals surface area contributed by atoms with E-state index in [-0.39, 0.29) is 13.0 Å². The first-order valence-electron chi connectivity index (χ1n) is 9.52. The number of benzene rings is 1. The Balaban J connectivity index is 1.32. The van der Waals surface area contributed by atoms with Crippen molar-refractivity contribution in [1.29, 1.82) is 0 Å². The molecule has 146 valence electrons. The molecule has 0 saturated carbocycles. The lowest BCUT2D eigenvalue weighted by molar-refractivity contribution is -0.146. The Bertz CT molecular complexity index is 964. The number of carbonyl (C=O) groups is 3. The van der Waals surface area contributed by atoms with Gasteiger partial charge >= 0.3 is 5.97 Å². The largest absolute Gasteiger partial charge is 0.455 e. The molecule has 0 atom stereocenters. The van der Waals surface area contributed by atoms with E-state index in [1.165, 1.54) is 22.5 Å². The van der Waals surface area contributed by atoms with Crippen molar-refractivity contribution in [3.8, 4) is 0 Å². The Morgan fingerprint density at radius 1 is 1.07 bits per heavy atom. The molecule has 0 spiro atoms. The fraction of sp³-hybridized carbons (Fsp3) is 0.381. The number of esters is 1. The second-order valence-electron chi connectivity index (χ2n) is 7.27. The van der Waals surface area contributed by atoms with Gasteiger partial charge in [0, 0.05) is 4.88 Å². The Kier molecular flexibility index (Phi) is 5.17. The van der Waals surface area contributed by atoms with Gasteiger partial charge in [0.2, 0.25) is 0 Å². The lowest BCUT2D eigenvalue weighted by Gasteiger charge is -2.08. The van der Waals surface area contributed by atoms with Gasteiger partial charge in [0.05, 0.1) is 12.0 Å². The van der Waals surface area contributed by atoms with Gasteiger partial charge in [-0.25, -0.2) is 0 Å². The summed E-state index contributed by atoms with van der Waals surface area (Å²) in [7, 11) is 0. The van der Waals surface area contributed by atoms with Crippen molar-refractivity contribution < 1.29 is 19.1 Å². The monoisotopic (exact) mass is 398 g/mol. The maximum atomic E-state index is 12.2. The Labute approximate surface area is 167 Å². The smallest absolute Gasteiger partial charge is 0.310 e. The van der Waals surface area contributed by atoms with E-state index in [1.807, 2.05) is 6.07 Å². The highest BCUT2D eigenvalue weighted by molar-refractivity contribution is 7.17. The number of hydrogen-bond acceptors (Lipinski definition) is 5. The van der Waals surface area contributed by atoms with Crippen molar-refractivity contribution in [2.75, 3.05) is 11.9 Å². The van der Waals surface area contributed by atoms with Crippen LogP contribution in [0.2, 0.25) is 0 Å². The second-order valence-corrected chi connectivity index (χ2v) is 8.37. The SMILES string of the molecule is NC(=O)c1c(NC(=O)COC(=O)Cc2ccc3c(c2)CCC3)sc2c1CCC2. The lowest BCUT2D eigenvalue weighted by Crippen LogP contribution is -2.23. The van der Waals surface area contributed by atoms with Crippen molar-refractivity contribution in [2.24, 2.45) is 5.73 Å². The zero-order valence-corrected chi connectivity index (χ0v) is 16.3. The maximum absolute atomic E-state index is 12.2. The topological polar surface area (TPSA) is 98.5 Å². The molecule has 2 aliphatic rings. The van der Waals surface area contributed by atoms with Gasteiger partial charge in [0.1, 0.15) is 5.00 Å². The molecule has 1 heterocycles. The van der Waals surface area contributed by atoms with Crippen LogP contribution in [-0.4, -0.2) is 24.4 Å². The molecule has 28 heavy (non-hydrogen) atoms. The zero-order valence-electron chi connectivity index (χ0n) is 15.5. The average Bonchev–Trinajstić information content (AvgIpc) is 3.34. The summed E-state index contributed by atoms with van der Waals surface area (Å²) in [5.41, 5.74) is 10.4. The maximum Gasteiger partial charge on any atom is 0.310 e. The molecule has 2 amide bonds. The second kappa shape index (κ2) is 7.75. The number of nitrogens with two attached hydrogens (primary N) is 1. The average molecular weight is 398 g/mol. The van der Waals surface area contributed by atoms with Crippen LogP contribution in [0.15, 0.2) is 18.2 Å². The molecule has 1 aromatic carbocycles. The van der Waals surface area contributed by atoms with E-state index >= 15 is 0 Å². The molecule has 0 radical (unpaired) electrons. The Morgan fingerprint density at radius 2 is 1.86 bits per heavy atom. The number of primary amides is 1. The third-order valence-corrected chi connectivity index (χ3v) is 6.50. The fourth-order valence-electron chi connectivity index (χ4n) is 4.01. The highest BCUT2D eigenvalue weighted by Gasteiger charge is 2.26. The van der Waals surface area contributed by atoms with Crippen molar-refractivity contribution in [3.05, 3.63) is 50.9 Å². The normalized spacial score (nSPS) is 14.4. The molecule has 0 bridgehead atoms. The predicted octanol–water partition coefficient (Wildman–Crippen LogP) is 2.55. The summed E-state index contributed by atoms with van der Waals surface area (Å²) in [4.78, 5) is 37.1. The number of hydrogen-bond donors (Lipinski definition) is 2. The van der Waals surface area contributed by atoms with E-state index < -0.39 is 17.8 Å². The van der Waals surface area contributed by atoms with Gasteiger partial charge < -0.3 is 15.8 Å². The first kappa shape index (κ1) is 18.7. The van der Waals surface area contributed by atoms with Crippen molar-refractivity contribution in [3.63, 3.8) is 0 Å². The number of nitrogens with one attached hydrogen (secondary N) is 1. The van der Waals surface area contributed by atoms with Gasteiger partial charge in [-0.3, -0.25) is 14.4 Å². The number of rotatable bonds is 6. The third kappa shape index (κ3) is 3.80. The Morgan fingerprint density at radius 3 is 2.68 bits per heavy atom. The van der Waals surface area contributed by atoms with Gasteiger partial charge in [-0.15, -0.1) is 11.3 Å². The quantitative estimate of drug-likeness (QED) is 0.731. The molecule has 7 heteroatoms. The number of ether oxygens (including phenoxy) is 1. The Hall–Kier alpha value is -2.67. The van der Waals surface area contributed by atoms with Crippen LogP contribution in [0.1, 0.15) is 50.3 Å². The van der Waals surface area contributed by atoms with Crippen LogP contribution >= 0.6 is 11.3 Å². The molecule has 3 N–H and O–H groups in total. The summed E-state index contributed by atoms with van der Waals surface area (Å²) >= 11 is 1.38. The molecule has 6 nitrogen and oxygen atoms in total. The summed E-state index contributed by atoms with van der Waals surface area (Å²) in [5.74, 6) is -1.45. The highest BCUT2D eigenvalue weighted by atomic mass is 32.1. The predicted molar refractivity (Wildman–Crippen MR) is 107 cm³/mol. The van der Waals surface area contributed by atoms with Crippen LogP contribution < -0.4 is 11.1 Å². The fourth-order valence-corrected chi connectivity index (χ4v) is 5.33. The van der Waals surface area contributed by atoms with E-state index in [2.05, 4.69) is 17.4 Å². The number of thiophene rings is 1. The van der Waals surface area contributed by atoms with E-state index in [0.29, 0.717) is 10.6 Å². The van der Waals surface area contributed by atoms with Crippen LogP contribution in [0.3, 0.4) is 0 Å². The van der Waals surface area contributed by atoms with Crippen LogP contribution in [0.25, 0.3) is 0 Å². The zero-order chi connectivity index (χ0) is 19.7. The molecular formula is C21H22N2O4S. The van der Waals surface area contributed by atoms with Crippen LogP contribution in [0, 0.1) is 0 Å². The van der Waals surface area contributed by atoms with E-state index in [4.69, 9.17) is 10.5 Å². The van der Waals surface area contributed by atoms with E-state index in [0.717, 1.165) is 54.5 Å². The molecular weight excluding hydrogens is 376 g/mol. The number of aryl methyl sites for hydroxylation is 3. The molecule has 0 unspecified atom stereocenters. The molecule has 2 aromatic rings. The molecule has 0 fully saturated rings. The van der Waals surface area contributed by atoms with E-state index in [1.54, 1.807) is 0 Å². The molecule has 0 saturated heterocycles. The molecule has 1 aromatic heterocycles. The minimum absolute atomic E-state index is 0.139. The number of amides is 2. The number of anilines is 1. The lowest BCUT2D eigenvalue weighted by atomic mass is 10.0. The minimum atomic E-state index is -0.539. The van der Waals surface area contributed by atoms with Gasteiger partial charge in [0.15, 0.2) is 6.61 Å². The van der Waals surface area contributed by atoms with Crippen molar-refractivity contribution in [1.82, 2.24) is 0 Å².